The quantitative estimate of drug-likeness (QED) is 0.692. The van der Waals surface area contributed by atoms with E-state index in [1.807, 2.05) is 4.90 Å². The zero-order valence-corrected chi connectivity index (χ0v) is 10.2. The lowest BCUT2D eigenvalue weighted by Gasteiger charge is -2.24. The van der Waals surface area contributed by atoms with Gasteiger partial charge in [0.15, 0.2) is 0 Å². The molecule has 3 N–H and O–H groups in total. The average molecular weight is 238 g/mol. The highest BCUT2D eigenvalue weighted by Gasteiger charge is 2.45. The van der Waals surface area contributed by atoms with E-state index in [0.717, 1.165) is 45.2 Å². The molecule has 2 saturated carbocycles. The van der Waals surface area contributed by atoms with Crippen LogP contribution in [0.2, 0.25) is 0 Å². The molecule has 3 rings (SSSR count). The van der Waals surface area contributed by atoms with E-state index in [4.69, 9.17) is 5.73 Å². The summed E-state index contributed by atoms with van der Waals surface area (Å²) in [5.41, 5.74) is 5.99. The minimum absolute atomic E-state index is 0.0472. The summed E-state index contributed by atoms with van der Waals surface area (Å²) >= 11 is 0. The maximum absolute atomic E-state index is 12.4. The molecule has 1 amide bonds. The fraction of sp³-hybridized carbons (Fsp3) is 0.923. The maximum atomic E-state index is 12.4. The van der Waals surface area contributed by atoms with Gasteiger partial charge in [0.2, 0.25) is 5.91 Å². The van der Waals surface area contributed by atoms with E-state index in [-0.39, 0.29) is 24.0 Å². The van der Waals surface area contributed by atoms with E-state index in [0.29, 0.717) is 11.8 Å². The number of fused-ring (bicyclic) bond motifs is 1. The van der Waals surface area contributed by atoms with Crippen molar-refractivity contribution in [3.63, 3.8) is 0 Å². The van der Waals surface area contributed by atoms with Crippen LogP contribution in [0.4, 0.5) is 0 Å². The zero-order chi connectivity index (χ0) is 12.0. The zero-order valence-electron chi connectivity index (χ0n) is 10.2. The van der Waals surface area contributed by atoms with Crippen molar-refractivity contribution in [3.8, 4) is 0 Å². The van der Waals surface area contributed by atoms with Crippen LogP contribution in [0.3, 0.4) is 0 Å². The van der Waals surface area contributed by atoms with Crippen molar-refractivity contribution in [2.45, 2.75) is 44.2 Å². The molecule has 0 bridgehead atoms. The summed E-state index contributed by atoms with van der Waals surface area (Å²) in [6.45, 7) is 1.61. The second-order valence-corrected chi connectivity index (χ2v) is 6.01. The number of carbonyl (C=O) groups is 1. The van der Waals surface area contributed by atoms with Gasteiger partial charge in [-0.2, -0.15) is 0 Å². The minimum Gasteiger partial charge on any atom is -0.393 e. The van der Waals surface area contributed by atoms with Crippen molar-refractivity contribution >= 4 is 5.91 Å². The number of nitrogens with two attached hydrogens (primary N) is 1. The van der Waals surface area contributed by atoms with Crippen LogP contribution in [0.15, 0.2) is 0 Å². The van der Waals surface area contributed by atoms with Gasteiger partial charge < -0.3 is 15.7 Å². The number of amides is 1. The summed E-state index contributed by atoms with van der Waals surface area (Å²) in [7, 11) is 0. The predicted molar refractivity (Wildman–Crippen MR) is 64.1 cm³/mol. The van der Waals surface area contributed by atoms with E-state index in [1.54, 1.807) is 0 Å². The van der Waals surface area contributed by atoms with Gasteiger partial charge in [-0.25, -0.2) is 0 Å². The standard InChI is InChI=1S/C13H22N2O2/c14-11-3-1-2-9(11)13(17)15-6-8-4-5-12(16)10(8)7-15/h8-12,16H,1-7,14H2. The molecule has 0 aromatic rings. The summed E-state index contributed by atoms with van der Waals surface area (Å²) in [6, 6.07) is 0.0628. The number of aliphatic hydroxyl groups excluding tert-OH is 1. The second-order valence-electron chi connectivity index (χ2n) is 6.01. The van der Waals surface area contributed by atoms with E-state index in [1.165, 1.54) is 0 Å². The van der Waals surface area contributed by atoms with Crippen LogP contribution < -0.4 is 5.73 Å². The molecular weight excluding hydrogens is 216 g/mol. The normalized spacial score (nSPS) is 45.3. The lowest BCUT2D eigenvalue weighted by atomic mass is 10.00. The number of carbonyl (C=O) groups excluding carboxylic acids is 1. The average Bonchev–Trinajstić information content (AvgIpc) is 2.96. The van der Waals surface area contributed by atoms with Crippen LogP contribution in [0.1, 0.15) is 32.1 Å². The molecule has 0 spiro atoms. The SMILES string of the molecule is NC1CCCC1C(=O)N1CC2CCC(O)C2C1. The summed E-state index contributed by atoms with van der Waals surface area (Å²) in [5.74, 6) is 1.16. The molecule has 17 heavy (non-hydrogen) atoms. The number of nitrogens with zero attached hydrogens (tertiary/aromatic N) is 1. The molecule has 0 aromatic heterocycles. The van der Waals surface area contributed by atoms with Crippen molar-refractivity contribution in [3.05, 3.63) is 0 Å². The first-order valence-electron chi connectivity index (χ1n) is 6.89. The Labute approximate surface area is 102 Å². The molecule has 1 saturated heterocycles. The number of hydrogen-bond donors (Lipinski definition) is 2. The molecular formula is C13H22N2O2. The molecule has 5 atom stereocenters. The van der Waals surface area contributed by atoms with Gasteiger partial charge >= 0.3 is 0 Å². The molecule has 4 heteroatoms. The first kappa shape index (κ1) is 11.5. The number of rotatable bonds is 1. The Bertz CT molecular complexity index is 321. The van der Waals surface area contributed by atoms with Crippen LogP contribution in [-0.4, -0.2) is 41.1 Å². The molecule has 3 aliphatic rings. The number of hydrogen-bond acceptors (Lipinski definition) is 3. The van der Waals surface area contributed by atoms with Crippen molar-refractivity contribution in [1.82, 2.24) is 4.90 Å². The van der Waals surface area contributed by atoms with E-state index < -0.39 is 0 Å². The maximum Gasteiger partial charge on any atom is 0.227 e. The van der Waals surface area contributed by atoms with Gasteiger partial charge in [-0.05, 0) is 31.6 Å². The Hall–Kier alpha value is -0.610. The third kappa shape index (κ3) is 1.87. The smallest absolute Gasteiger partial charge is 0.227 e. The van der Waals surface area contributed by atoms with Gasteiger partial charge in [-0.1, -0.05) is 6.42 Å². The van der Waals surface area contributed by atoms with E-state index in [2.05, 4.69) is 0 Å². The first-order chi connectivity index (χ1) is 8.16. The fourth-order valence-electron chi connectivity index (χ4n) is 3.95. The molecule has 0 aromatic carbocycles. The number of likely N-dealkylation sites (tertiary alicyclic amines) is 1. The largest absolute Gasteiger partial charge is 0.393 e. The van der Waals surface area contributed by atoms with Crippen molar-refractivity contribution in [2.24, 2.45) is 23.5 Å². The van der Waals surface area contributed by atoms with Crippen LogP contribution in [0.5, 0.6) is 0 Å². The molecule has 4 nitrogen and oxygen atoms in total. The third-order valence-electron chi connectivity index (χ3n) is 5.02. The fourth-order valence-corrected chi connectivity index (χ4v) is 3.95. The van der Waals surface area contributed by atoms with Crippen LogP contribution >= 0.6 is 0 Å². The van der Waals surface area contributed by atoms with Crippen LogP contribution in [-0.2, 0) is 4.79 Å². The third-order valence-corrected chi connectivity index (χ3v) is 5.02. The topological polar surface area (TPSA) is 66.6 Å². The Morgan fingerprint density at radius 1 is 1.18 bits per heavy atom. The van der Waals surface area contributed by atoms with Crippen molar-refractivity contribution in [1.29, 1.82) is 0 Å². The van der Waals surface area contributed by atoms with Crippen molar-refractivity contribution < 1.29 is 9.90 Å². The van der Waals surface area contributed by atoms with Gasteiger partial charge in [0.1, 0.15) is 0 Å². The summed E-state index contributed by atoms with van der Waals surface area (Å²) < 4.78 is 0. The highest BCUT2D eigenvalue weighted by atomic mass is 16.3. The summed E-state index contributed by atoms with van der Waals surface area (Å²) in [6.07, 6.45) is 4.83. The summed E-state index contributed by atoms with van der Waals surface area (Å²) in [5, 5.41) is 9.85. The molecule has 0 radical (unpaired) electrons. The molecule has 2 aliphatic carbocycles. The molecule has 3 fully saturated rings. The number of aliphatic hydroxyl groups is 1. The minimum atomic E-state index is -0.185. The van der Waals surface area contributed by atoms with Gasteiger partial charge in [0.25, 0.3) is 0 Å². The van der Waals surface area contributed by atoms with Crippen LogP contribution in [0.25, 0.3) is 0 Å². The molecule has 96 valence electrons. The van der Waals surface area contributed by atoms with Gasteiger partial charge in [-0.3, -0.25) is 4.79 Å². The van der Waals surface area contributed by atoms with Crippen LogP contribution in [0, 0.1) is 17.8 Å². The molecule has 1 aliphatic heterocycles. The first-order valence-corrected chi connectivity index (χ1v) is 6.89. The van der Waals surface area contributed by atoms with Gasteiger partial charge in [-0.15, -0.1) is 0 Å². The summed E-state index contributed by atoms with van der Waals surface area (Å²) in [4.78, 5) is 14.3. The lowest BCUT2D eigenvalue weighted by Crippen LogP contribution is -2.41. The Morgan fingerprint density at radius 2 is 2.00 bits per heavy atom. The van der Waals surface area contributed by atoms with E-state index >= 15 is 0 Å². The highest BCUT2D eigenvalue weighted by molar-refractivity contribution is 5.80. The lowest BCUT2D eigenvalue weighted by molar-refractivity contribution is -0.135. The van der Waals surface area contributed by atoms with Gasteiger partial charge in [0, 0.05) is 25.0 Å². The van der Waals surface area contributed by atoms with Crippen molar-refractivity contribution in [2.75, 3.05) is 13.1 Å². The monoisotopic (exact) mass is 238 g/mol. The van der Waals surface area contributed by atoms with E-state index in [9.17, 15) is 9.90 Å². The predicted octanol–water partition coefficient (Wildman–Crippen LogP) is 0.343. The highest BCUT2D eigenvalue weighted by Crippen LogP contribution is 2.39. The Balaban J connectivity index is 1.65. The second kappa shape index (κ2) is 4.25. The molecule has 1 heterocycles. The Morgan fingerprint density at radius 3 is 2.65 bits per heavy atom. The molecule has 5 unspecified atom stereocenters. The van der Waals surface area contributed by atoms with Gasteiger partial charge in [0.05, 0.1) is 12.0 Å². The Kier molecular flexibility index (Phi) is 2.87.